The fraction of sp³-hybridized carbons (Fsp3) is 0. The van der Waals surface area contributed by atoms with E-state index < -0.39 is 0 Å². The van der Waals surface area contributed by atoms with Crippen LogP contribution in [0.5, 0.6) is 0 Å². The van der Waals surface area contributed by atoms with Crippen LogP contribution in [0.1, 0.15) is 17.0 Å². The fourth-order valence-electron chi connectivity index (χ4n) is 3.52. The van der Waals surface area contributed by atoms with E-state index in [1.807, 2.05) is 60.7 Å². The third-order valence-corrected chi connectivity index (χ3v) is 5.10. The highest BCUT2D eigenvalue weighted by molar-refractivity contribution is 5.80. The normalized spacial score (nSPS) is 11.1. The molecule has 0 aliphatic heterocycles. The summed E-state index contributed by atoms with van der Waals surface area (Å²) in [6.45, 7) is 0. The topological polar surface area (TPSA) is 84.7 Å². The molecule has 3 aromatic carbocycles. The van der Waals surface area contributed by atoms with Crippen LogP contribution >= 0.6 is 0 Å². The second-order valence-electron chi connectivity index (χ2n) is 7.13. The monoisotopic (exact) mass is 416 g/mol. The lowest BCUT2D eigenvalue weighted by molar-refractivity contribution is 0.422. The predicted octanol–water partition coefficient (Wildman–Crippen LogP) is 5.08. The summed E-state index contributed by atoms with van der Waals surface area (Å²) in [5.74, 6) is 0.496. The summed E-state index contributed by atoms with van der Waals surface area (Å²) in [7, 11) is 0. The number of hydrogen-bond donors (Lipinski definition) is 0. The lowest BCUT2D eigenvalue weighted by Gasteiger charge is -2.12. The average molecular weight is 416 g/mol. The Morgan fingerprint density at radius 1 is 0.938 bits per heavy atom. The highest BCUT2D eigenvalue weighted by Gasteiger charge is 2.12. The summed E-state index contributed by atoms with van der Waals surface area (Å²) >= 11 is 0. The number of rotatable bonds is 4. The molecule has 0 aliphatic carbocycles. The van der Waals surface area contributed by atoms with Crippen LogP contribution in [0.4, 0.5) is 0 Å². The van der Waals surface area contributed by atoms with Crippen molar-refractivity contribution in [3.8, 4) is 23.0 Å². The maximum Gasteiger partial charge on any atom is 0.266 e. The number of nitrogens with zero attached hydrogens (tertiary/aromatic N) is 4. The van der Waals surface area contributed by atoms with E-state index in [1.54, 1.807) is 34.9 Å². The van der Waals surface area contributed by atoms with Crippen LogP contribution in [0, 0.1) is 11.3 Å². The van der Waals surface area contributed by atoms with Crippen molar-refractivity contribution in [2.75, 3.05) is 0 Å². The molecule has 152 valence electrons. The van der Waals surface area contributed by atoms with Crippen LogP contribution in [0.2, 0.25) is 0 Å². The van der Waals surface area contributed by atoms with Crippen molar-refractivity contribution >= 4 is 23.1 Å². The SMILES string of the molecule is N#Cc1ccc(/C=C/c2nc3ccccc3c(=O)n2-c2cccc(-c3ccon3)c2)cc1. The van der Waals surface area contributed by atoms with Crippen LogP contribution in [-0.4, -0.2) is 14.7 Å². The first-order valence-electron chi connectivity index (χ1n) is 9.94. The van der Waals surface area contributed by atoms with Gasteiger partial charge in [-0.05, 0) is 48.0 Å². The van der Waals surface area contributed by atoms with Gasteiger partial charge in [0.05, 0.1) is 28.2 Å². The number of hydrogen-bond acceptors (Lipinski definition) is 5. The van der Waals surface area contributed by atoms with Crippen molar-refractivity contribution < 1.29 is 4.52 Å². The molecule has 5 rings (SSSR count). The van der Waals surface area contributed by atoms with Crippen molar-refractivity contribution in [1.29, 1.82) is 5.26 Å². The van der Waals surface area contributed by atoms with E-state index in [-0.39, 0.29) is 5.56 Å². The average Bonchev–Trinajstić information content (AvgIpc) is 3.38. The van der Waals surface area contributed by atoms with Crippen LogP contribution in [0.15, 0.2) is 94.4 Å². The van der Waals surface area contributed by atoms with Crippen molar-refractivity contribution in [2.24, 2.45) is 0 Å². The maximum atomic E-state index is 13.5. The van der Waals surface area contributed by atoms with Gasteiger partial charge in [0.2, 0.25) is 0 Å². The van der Waals surface area contributed by atoms with Crippen molar-refractivity contribution in [2.45, 2.75) is 0 Å². The Bertz CT molecular complexity index is 1540. The molecule has 32 heavy (non-hydrogen) atoms. The molecule has 0 fully saturated rings. The molecule has 0 saturated heterocycles. The minimum atomic E-state index is -0.160. The standard InChI is InChI=1S/C26H16N4O2/c27-17-19-10-8-18(9-11-19)12-13-25-28-24-7-2-1-6-22(24)26(31)30(25)21-5-3-4-20(16-21)23-14-15-32-29-23/h1-16H/b13-12+. The number of nitriles is 1. The number of fused-ring (bicyclic) bond motifs is 1. The van der Waals surface area contributed by atoms with Gasteiger partial charge in [-0.2, -0.15) is 5.26 Å². The molecular formula is C26H16N4O2. The minimum Gasteiger partial charge on any atom is -0.364 e. The molecule has 0 radical (unpaired) electrons. The second-order valence-corrected chi connectivity index (χ2v) is 7.13. The molecular weight excluding hydrogens is 400 g/mol. The van der Waals surface area contributed by atoms with Crippen molar-refractivity contribution in [3.05, 3.63) is 112 Å². The number of aromatic nitrogens is 3. The Labute approximate surface area is 183 Å². The quantitative estimate of drug-likeness (QED) is 0.408. The Kier molecular flexibility index (Phi) is 4.91. The van der Waals surface area contributed by atoms with Gasteiger partial charge in [-0.1, -0.05) is 47.6 Å². The molecule has 6 nitrogen and oxygen atoms in total. The fourth-order valence-corrected chi connectivity index (χ4v) is 3.52. The van der Waals surface area contributed by atoms with Crippen LogP contribution in [-0.2, 0) is 0 Å². The van der Waals surface area contributed by atoms with E-state index in [4.69, 9.17) is 14.8 Å². The largest absolute Gasteiger partial charge is 0.364 e. The van der Waals surface area contributed by atoms with Crippen molar-refractivity contribution in [1.82, 2.24) is 14.7 Å². The van der Waals surface area contributed by atoms with E-state index in [9.17, 15) is 4.79 Å². The van der Waals surface area contributed by atoms with Crippen molar-refractivity contribution in [3.63, 3.8) is 0 Å². The summed E-state index contributed by atoms with van der Waals surface area (Å²) < 4.78 is 6.55. The predicted molar refractivity (Wildman–Crippen MR) is 123 cm³/mol. The van der Waals surface area contributed by atoms with E-state index in [0.29, 0.717) is 33.7 Å². The Balaban J connectivity index is 1.68. The Morgan fingerprint density at radius 2 is 1.78 bits per heavy atom. The zero-order valence-corrected chi connectivity index (χ0v) is 16.8. The smallest absolute Gasteiger partial charge is 0.266 e. The van der Waals surface area contributed by atoms with E-state index in [2.05, 4.69) is 11.2 Å². The molecule has 0 N–H and O–H groups in total. The van der Waals surface area contributed by atoms with Gasteiger partial charge in [0.25, 0.3) is 5.56 Å². The third-order valence-electron chi connectivity index (χ3n) is 5.10. The first-order chi connectivity index (χ1) is 15.7. The van der Waals surface area contributed by atoms with Gasteiger partial charge in [0.1, 0.15) is 17.8 Å². The summed E-state index contributed by atoms with van der Waals surface area (Å²) in [4.78, 5) is 18.2. The minimum absolute atomic E-state index is 0.160. The zero-order chi connectivity index (χ0) is 21.9. The second kappa shape index (κ2) is 8.17. The maximum absolute atomic E-state index is 13.5. The van der Waals surface area contributed by atoms with Crippen LogP contribution < -0.4 is 5.56 Å². The van der Waals surface area contributed by atoms with E-state index in [0.717, 1.165) is 11.1 Å². The van der Waals surface area contributed by atoms with Gasteiger partial charge in [0, 0.05) is 11.6 Å². The summed E-state index contributed by atoms with van der Waals surface area (Å²) in [6.07, 6.45) is 5.19. The van der Waals surface area contributed by atoms with Gasteiger partial charge < -0.3 is 4.52 Å². The van der Waals surface area contributed by atoms with Gasteiger partial charge in [-0.25, -0.2) is 4.98 Å². The number of benzene rings is 3. The summed E-state index contributed by atoms with van der Waals surface area (Å²) in [6, 6.07) is 25.9. The molecule has 6 heteroatoms. The molecule has 2 heterocycles. The summed E-state index contributed by atoms with van der Waals surface area (Å²) in [5.41, 5.74) is 4.14. The number of para-hydroxylation sites is 1. The van der Waals surface area contributed by atoms with E-state index in [1.165, 1.54) is 6.26 Å². The molecule has 0 unspecified atom stereocenters. The van der Waals surface area contributed by atoms with Gasteiger partial charge in [-0.15, -0.1) is 0 Å². The van der Waals surface area contributed by atoms with Gasteiger partial charge in [0.15, 0.2) is 0 Å². The molecule has 5 aromatic rings. The van der Waals surface area contributed by atoms with Crippen LogP contribution in [0.3, 0.4) is 0 Å². The molecule has 0 amide bonds. The Hall–Kier alpha value is -4.76. The Morgan fingerprint density at radius 3 is 2.56 bits per heavy atom. The van der Waals surface area contributed by atoms with Gasteiger partial charge in [-0.3, -0.25) is 9.36 Å². The molecule has 0 bridgehead atoms. The highest BCUT2D eigenvalue weighted by Crippen LogP contribution is 2.22. The third kappa shape index (κ3) is 3.59. The van der Waals surface area contributed by atoms with Gasteiger partial charge >= 0.3 is 0 Å². The molecule has 0 spiro atoms. The molecule has 2 aromatic heterocycles. The first kappa shape index (κ1) is 19.2. The van der Waals surface area contributed by atoms with Crippen LogP contribution in [0.25, 0.3) is 40.0 Å². The molecule has 0 saturated carbocycles. The lowest BCUT2D eigenvalue weighted by atomic mass is 10.1. The highest BCUT2D eigenvalue weighted by atomic mass is 16.5. The first-order valence-corrected chi connectivity index (χ1v) is 9.94. The summed E-state index contributed by atoms with van der Waals surface area (Å²) in [5, 5.41) is 13.5. The van der Waals surface area contributed by atoms with E-state index >= 15 is 0 Å². The molecule has 0 aliphatic rings. The lowest BCUT2D eigenvalue weighted by Crippen LogP contribution is -2.22. The molecule has 0 atom stereocenters. The zero-order valence-electron chi connectivity index (χ0n) is 16.8.